The second kappa shape index (κ2) is 3.25. The first kappa shape index (κ1) is 9.47. The van der Waals surface area contributed by atoms with Crippen LogP contribution in [0.1, 0.15) is 45.4 Å². The zero-order valence-electron chi connectivity index (χ0n) is 8.46. The molecule has 0 saturated heterocycles. The van der Waals surface area contributed by atoms with Crippen LogP contribution in [0, 0.1) is 11.8 Å². The molecule has 0 amide bonds. The quantitative estimate of drug-likeness (QED) is 0.698. The van der Waals surface area contributed by atoms with Crippen LogP contribution in [0.25, 0.3) is 0 Å². The predicted octanol–water partition coefficient (Wildman–Crippen LogP) is 2.10. The fourth-order valence-electron chi connectivity index (χ4n) is 2.72. The van der Waals surface area contributed by atoms with Gasteiger partial charge in [0.15, 0.2) is 0 Å². The van der Waals surface area contributed by atoms with Crippen molar-refractivity contribution in [2.75, 3.05) is 0 Å². The molecule has 75 valence electrons. The van der Waals surface area contributed by atoms with Gasteiger partial charge < -0.3 is 5.73 Å². The Balaban J connectivity index is 1.92. The first-order valence-electron chi connectivity index (χ1n) is 5.55. The molecule has 2 N–H and O–H groups in total. The van der Waals surface area contributed by atoms with Gasteiger partial charge in [-0.1, -0.05) is 0 Å². The zero-order valence-corrected chi connectivity index (χ0v) is 8.46. The molecular formula is C11H20NO. The molecule has 0 aromatic rings. The van der Waals surface area contributed by atoms with Gasteiger partial charge >= 0.3 is 0 Å². The molecule has 13 heavy (non-hydrogen) atoms. The molecule has 0 aromatic carbocycles. The SMILES string of the molecule is CC(N)(C1CCC([O])CC1)C1CC1. The number of rotatable bonds is 2. The highest BCUT2D eigenvalue weighted by atomic mass is 16.3. The van der Waals surface area contributed by atoms with Gasteiger partial charge in [0.25, 0.3) is 0 Å². The van der Waals surface area contributed by atoms with E-state index >= 15 is 0 Å². The van der Waals surface area contributed by atoms with E-state index in [1.54, 1.807) is 0 Å². The molecule has 2 saturated carbocycles. The lowest BCUT2D eigenvalue weighted by atomic mass is 9.73. The molecule has 2 aliphatic carbocycles. The summed E-state index contributed by atoms with van der Waals surface area (Å²) >= 11 is 0. The van der Waals surface area contributed by atoms with Crippen molar-refractivity contribution in [3.05, 3.63) is 0 Å². The maximum Gasteiger partial charge on any atom is 0.0930 e. The summed E-state index contributed by atoms with van der Waals surface area (Å²) in [5.74, 6) is 1.37. The van der Waals surface area contributed by atoms with E-state index in [0.717, 1.165) is 31.6 Å². The van der Waals surface area contributed by atoms with Gasteiger partial charge in [-0.2, -0.15) is 0 Å². The molecule has 1 unspecified atom stereocenters. The normalized spacial score (nSPS) is 39.9. The van der Waals surface area contributed by atoms with Crippen molar-refractivity contribution in [3.8, 4) is 0 Å². The highest BCUT2D eigenvalue weighted by Crippen LogP contribution is 2.45. The molecule has 1 atom stereocenters. The summed E-state index contributed by atoms with van der Waals surface area (Å²) in [4.78, 5) is 0. The van der Waals surface area contributed by atoms with Crippen molar-refractivity contribution < 1.29 is 5.11 Å². The summed E-state index contributed by atoms with van der Waals surface area (Å²) < 4.78 is 0. The Bertz CT molecular complexity index is 179. The largest absolute Gasteiger partial charge is 0.325 e. The third kappa shape index (κ3) is 1.89. The first-order chi connectivity index (χ1) is 6.10. The van der Waals surface area contributed by atoms with Crippen molar-refractivity contribution >= 4 is 0 Å². The molecule has 2 rings (SSSR count). The molecule has 2 aliphatic rings. The van der Waals surface area contributed by atoms with Gasteiger partial charge in [0.05, 0.1) is 6.10 Å². The summed E-state index contributed by atoms with van der Waals surface area (Å²) in [6.07, 6.45) is 6.16. The maximum atomic E-state index is 11.2. The minimum atomic E-state index is -0.300. The Labute approximate surface area is 80.5 Å². The van der Waals surface area contributed by atoms with Crippen LogP contribution < -0.4 is 5.73 Å². The van der Waals surface area contributed by atoms with Crippen molar-refractivity contribution in [3.63, 3.8) is 0 Å². The Morgan fingerprint density at radius 2 is 1.38 bits per heavy atom. The summed E-state index contributed by atoms with van der Waals surface area (Å²) in [6, 6.07) is 0. The Hall–Kier alpha value is -0.0800. The van der Waals surface area contributed by atoms with Gasteiger partial charge in [0, 0.05) is 5.54 Å². The Morgan fingerprint density at radius 3 is 1.77 bits per heavy atom. The maximum absolute atomic E-state index is 11.2. The van der Waals surface area contributed by atoms with Crippen molar-refractivity contribution in [2.24, 2.45) is 17.6 Å². The monoisotopic (exact) mass is 182 g/mol. The summed E-state index contributed by atoms with van der Waals surface area (Å²) in [5.41, 5.74) is 6.37. The van der Waals surface area contributed by atoms with Crippen LogP contribution in [0.5, 0.6) is 0 Å². The molecule has 2 nitrogen and oxygen atoms in total. The summed E-state index contributed by atoms with van der Waals surface area (Å²) in [5, 5.41) is 11.2. The lowest BCUT2D eigenvalue weighted by Crippen LogP contribution is -2.48. The second-order valence-electron chi connectivity index (χ2n) is 5.11. The van der Waals surface area contributed by atoms with E-state index in [-0.39, 0.29) is 11.6 Å². The second-order valence-corrected chi connectivity index (χ2v) is 5.11. The molecule has 0 heterocycles. The average Bonchev–Trinajstić information content (AvgIpc) is 2.87. The van der Waals surface area contributed by atoms with Crippen molar-refractivity contribution in [1.29, 1.82) is 0 Å². The van der Waals surface area contributed by atoms with E-state index < -0.39 is 0 Å². The third-order valence-electron chi connectivity index (χ3n) is 4.01. The molecule has 1 radical (unpaired) electrons. The van der Waals surface area contributed by atoms with E-state index in [1.807, 2.05) is 0 Å². The van der Waals surface area contributed by atoms with E-state index in [2.05, 4.69) is 6.92 Å². The smallest absolute Gasteiger partial charge is 0.0930 e. The van der Waals surface area contributed by atoms with Crippen LogP contribution in [0.15, 0.2) is 0 Å². The van der Waals surface area contributed by atoms with Crippen molar-refractivity contribution in [2.45, 2.75) is 57.1 Å². The lowest BCUT2D eigenvalue weighted by molar-refractivity contribution is 0.0276. The van der Waals surface area contributed by atoms with Crippen LogP contribution in [-0.4, -0.2) is 11.6 Å². The van der Waals surface area contributed by atoms with Crippen LogP contribution in [0.3, 0.4) is 0 Å². The van der Waals surface area contributed by atoms with E-state index in [1.165, 1.54) is 12.8 Å². The minimum Gasteiger partial charge on any atom is -0.325 e. The molecule has 0 aromatic heterocycles. The fourth-order valence-corrected chi connectivity index (χ4v) is 2.72. The number of nitrogens with two attached hydrogens (primary N) is 1. The molecule has 0 aliphatic heterocycles. The van der Waals surface area contributed by atoms with Crippen molar-refractivity contribution in [1.82, 2.24) is 0 Å². The molecule has 2 heteroatoms. The van der Waals surface area contributed by atoms with Gasteiger partial charge in [-0.25, -0.2) is 5.11 Å². The van der Waals surface area contributed by atoms with E-state index in [4.69, 9.17) is 5.73 Å². The van der Waals surface area contributed by atoms with Crippen LogP contribution in [0.2, 0.25) is 0 Å². The van der Waals surface area contributed by atoms with Crippen LogP contribution in [-0.2, 0) is 5.11 Å². The van der Waals surface area contributed by atoms with Gasteiger partial charge in [-0.05, 0) is 57.3 Å². The van der Waals surface area contributed by atoms with Gasteiger partial charge in [0.1, 0.15) is 0 Å². The van der Waals surface area contributed by atoms with E-state index in [0.29, 0.717) is 5.92 Å². The standard InChI is InChI=1S/C11H20NO/c1-11(12,8-2-3-8)9-4-6-10(13)7-5-9/h8-10H,2-7,12H2,1H3. The highest BCUT2D eigenvalue weighted by molar-refractivity contribution is 5.00. The highest BCUT2D eigenvalue weighted by Gasteiger charge is 2.44. The molecule has 0 bridgehead atoms. The molecular weight excluding hydrogens is 162 g/mol. The Morgan fingerprint density at radius 1 is 1.00 bits per heavy atom. The molecule has 2 fully saturated rings. The summed E-state index contributed by atoms with van der Waals surface area (Å²) in [7, 11) is 0. The number of hydrogen-bond donors (Lipinski definition) is 1. The average molecular weight is 182 g/mol. The third-order valence-corrected chi connectivity index (χ3v) is 4.01. The van der Waals surface area contributed by atoms with Gasteiger partial charge in [-0.15, -0.1) is 0 Å². The van der Waals surface area contributed by atoms with E-state index in [9.17, 15) is 5.11 Å². The molecule has 0 spiro atoms. The summed E-state index contributed by atoms with van der Waals surface area (Å²) in [6.45, 7) is 2.19. The number of hydrogen-bond acceptors (Lipinski definition) is 1. The predicted molar refractivity (Wildman–Crippen MR) is 51.7 cm³/mol. The minimum absolute atomic E-state index is 0.0279. The van der Waals surface area contributed by atoms with Gasteiger partial charge in [0.2, 0.25) is 0 Å². The lowest BCUT2D eigenvalue weighted by Gasteiger charge is -2.38. The topological polar surface area (TPSA) is 45.9 Å². The van der Waals surface area contributed by atoms with Crippen LogP contribution >= 0.6 is 0 Å². The van der Waals surface area contributed by atoms with Crippen LogP contribution in [0.4, 0.5) is 0 Å². The zero-order chi connectivity index (χ0) is 9.47. The Kier molecular flexibility index (Phi) is 2.37. The van der Waals surface area contributed by atoms with Gasteiger partial charge in [-0.3, -0.25) is 0 Å². The first-order valence-corrected chi connectivity index (χ1v) is 5.55. The fraction of sp³-hybridized carbons (Fsp3) is 1.00.